The molecule has 3 amide bonds. The Hall–Kier alpha value is -2.21. The molecule has 0 bridgehead atoms. The van der Waals surface area contributed by atoms with Gasteiger partial charge < -0.3 is 20.3 Å². The van der Waals surface area contributed by atoms with Crippen LogP contribution in [0.1, 0.15) is 44.9 Å². The van der Waals surface area contributed by atoms with Crippen molar-refractivity contribution in [2.24, 2.45) is 11.3 Å². The van der Waals surface area contributed by atoms with Gasteiger partial charge in [0, 0.05) is 25.6 Å². The molecule has 0 aromatic heterocycles. The molecule has 12 heteroatoms. The van der Waals surface area contributed by atoms with E-state index in [1.807, 2.05) is 0 Å². The fourth-order valence-electron chi connectivity index (χ4n) is 4.97. The van der Waals surface area contributed by atoms with Gasteiger partial charge in [-0.15, -0.1) is 13.2 Å². The van der Waals surface area contributed by atoms with Gasteiger partial charge in [0.05, 0.1) is 6.04 Å². The SMILES string of the molecule is O=C1NCC[C@H]1C[C@H](NC(=O)[C@@H]1CC2(CC2)CN1C(=O)[C@@H]1CCCO1)C(=O)COC(F)(F)F. The van der Waals surface area contributed by atoms with Crippen LogP contribution >= 0.6 is 0 Å². The van der Waals surface area contributed by atoms with E-state index in [0.29, 0.717) is 39.0 Å². The molecule has 2 N–H and O–H groups in total. The van der Waals surface area contributed by atoms with Crippen molar-refractivity contribution in [3.63, 3.8) is 0 Å². The van der Waals surface area contributed by atoms with E-state index in [4.69, 9.17) is 4.74 Å². The fourth-order valence-corrected chi connectivity index (χ4v) is 4.97. The molecule has 1 spiro atoms. The summed E-state index contributed by atoms with van der Waals surface area (Å²) in [5, 5.41) is 5.14. The van der Waals surface area contributed by atoms with Crippen LogP contribution in [0.4, 0.5) is 13.2 Å². The first-order valence-corrected chi connectivity index (χ1v) is 11.3. The summed E-state index contributed by atoms with van der Waals surface area (Å²) < 4.78 is 46.5. The molecule has 4 atom stereocenters. The van der Waals surface area contributed by atoms with E-state index in [-0.39, 0.29) is 23.7 Å². The van der Waals surface area contributed by atoms with Gasteiger partial charge in [0.25, 0.3) is 5.91 Å². The minimum Gasteiger partial charge on any atom is -0.368 e. The Morgan fingerprint density at radius 1 is 1.27 bits per heavy atom. The van der Waals surface area contributed by atoms with Crippen molar-refractivity contribution in [1.29, 1.82) is 0 Å². The number of rotatable bonds is 8. The smallest absolute Gasteiger partial charge is 0.368 e. The minimum atomic E-state index is -5.00. The number of carbonyl (C=O) groups is 4. The Bertz CT molecular complexity index is 810. The van der Waals surface area contributed by atoms with Crippen LogP contribution in [0, 0.1) is 11.3 Å². The molecule has 3 aliphatic heterocycles. The van der Waals surface area contributed by atoms with Gasteiger partial charge in [-0.25, -0.2) is 0 Å². The number of alkyl halides is 3. The van der Waals surface area contributed by atoms with Crippen LogP contribution < -0.4 is 10.6 Å². The highest BCUT2D eigenvalue weighted by Crippen LogP contribution is 2.55. The van der Waals surface area contributed by atoms with Gasteiger partial charge in [-0.2, -0.15) is 0 Å². The first-order valence-electron chi connectivity index (χ1n) is 11.3. The van der Waals surface area contributed by atoms with Crippen molar-refractivity contribution < 1.29 is 41.8 Å². The molecule has 9 nitrogen and oxygen atoms in total. The third-order valence-electron chi connectivity index (χ3n) is 7.02. The number of Topliss-reactive ketones (excluding diaryl/α,β-unsaturated/α-hetero) is 1. The third-order valence-corrected chi connectivity index (χ3v) is 7.02. The predicted octanol–water partition coefficient (Wildman–Crippen LogP) is 0.663. The van der Waals surface area contributed by atoms with Crippen LogP contribution in [0.2, 0.25) is 0 Å². The van der Waals surface area contributed by atoms with Gasteiger partial charge >= 0.3 is 6.36 Å². The summed E-state index contributed by atoms with van der Waals surface area (Å²) in [4.78, 5) is 52.2. The zero-order chi connectivity index (χ0) is 23.8. The maximum absolute atomic E-state index is 13.2. The summed E-state index contributed by atoms with van der Waals surface area (Å²) in [5.74, 6) is -2.76. The summed E-state index contributed by atoms with van der Waals surface area (Å²) in [6, 6.07) is -2.16. The summed E-state index contributed by atoms with van der Waals surface area (Å²) in [6.07, 6.45) is -1.79. The average molecular weight is 475 g/mol. The number of likely N-dealkylation sites (tertiary alicyclic amines) is 1. The van der Waals surface area contributed by atoms with Crippen molar-refractivity contribution >= 4 is 23.5 Å². The summed E-state index contributed by atoms with van der Waals surface area (Å²) in [6.45, 7) is 0.0261. The van der Waals surface area contributed by atoms with Crippen LogP contribution in [0.15, 0.2) is 0 Å². The number of halogens is 3. The highest BCUT2D eigenvalue weighted by atomic mass is 19.4. The Kier molecular flexibility index (Phi) is 6.68. The normalized spacial score (nSPS) is 29.2. The van der Waals surface area contributed by atoms with Gasteiger partial charge in [0.1, 0.15) is 18.8 Å². The molecular formula is C21H28F3N3O6. The average Bonchev–Trinajstić information content (AvgIpc) is 3.13. The lowest BCUT2D eigenvalue weighted by Crippen LogP contribution is -2.53. The molecule has 0 unspecified atom stereocenters. The lowest BCUT2D eigenvalue weighted by molar-refractivity contribution is -0.321. The van der Waals surface area contributed by atoms with E-state index in [9.17, 15) is 32.3 Å². The minimum absolute atomic E-state index is 0.124. The number of nitrogens with one attached hydrogen (secondary N) is 2. The molecule has 1 aliphatic carbocycles. The van der Waals surface area contributed by atoms with Gasteiger partial charge in [-0.1, -0.05) is 0 Å². The first-order chi connectivity index (χ1) is 15.6. The number of hydrogen-bond acceptors (Lipinski definition) is 6. The van der Waals surface area contributed by atoms with Gasteiger partial charge in [-0.05, 0) is 50.4 Å². The van der Waals surface area contributed by atoms with E-state index in [1.54, 1.807) is 0 Å². The third kappa shape index (κ3) is 5.65. The largest absolute Gasteiger partial charge is 0.522 e. The second-order valence-electron chi connectivity index (χ2n) is 9.46. The summed E-state index contributed by atoms with van der Waals surface area (Å²) >= 11 is 0. The monoisotopic (exact) mass is 475 g/mol. The van der Waals surface area contributed by atoms with Gasteiger partial charge in [0.15, 0.2) is 5.78 Å². The standard InChI is InChI=1S/C21H28F3N3O6/c22-21(23,24)33-10-15(28)13(8-12-3-6-25-17(12)29)26-18(30)14-9-20(4-5-20)11-27(14)19(31)16-2-1-7-32-16/h12-14,16H,1-11H2,(H,25,29)(H,26,30)/t12-,13-,14-,16-/m0/s1. The van der Waals surface area contributed by atoms with E-state index in [0.717, 1.165) is 19.3 Å². The van der Waals surface area contributed by atoms with Crippen LogP contribution in [-0.2, 0) is 28.7 Å². The van der Waals surface area contributed by atoms with Crippen molar-refractivity contribution in [3.05, 3.63) is 0 Å². The predicted molar refractivity (Wildman–Crippen MR) is 105 cm³/mol. The molecule has 4 aliphatic rings. The highest BCUT2D eigenvalue weighted by molar-refractivity contribution is 5.95. The Morgan fingerprint density at radius 2 is 2.03 bits per heavy atom. The van der Waals surface area contributed by atoms with Crippen molar-refractivity contribution in [3.8, 4) is 0 Å². The molecule has 0 radical (unpaired) electrons. The second kappa shape index (κ2) is 9.21. The van der Waals surface area contributed by atoms with Crippen LogP contribution in [-0.4, -0.2) is 79.3 Å². The van der Waals surface area contributed by atoms with Crippen LogP contribution in [0.3, 0.4) is 0 Å². The lowest BCUT2D eigenvalue weighted by Gasteiger charge is -2.28. The Labute approximate surface area is 188 Å². The number of hydrogen-bond donors (Lipinski definition) is 2. The molecule has 0 aromatic rings. The quantitative estimate of drug-likeness (QED) is 0.533. The number of carbonyl (C=O) groups excluding carboxylic acids is 4. The molecule has 4 rings (SSSR count). The van der Waals surface area contributed by atoms with Crippen molar-refractivity contribution in [2.45, 2.75) is 69.5 Å². The number of ketones is 1. The fraction of sp³-hybridized carbons (Fsp3) is 0.810. The lowest BCUT2D eigenvalue weighted by atomic mass is 9.95. The Balaban J connectivity index is 1.46. The van der Waals surface area contributed by atoms with Crippen molar-refractivity contribution in [1.82, 2.24) is 15.5 Å². The molecule has 3 heterocycles. The maximum atomic E-state index is 13.2. The van der Waals surface area contributed by atoms with E-state index in [1.165, 1.54) is 4.90 Å². The van der Waals surface area contributed by atoms with E-state index in [2.05, 4.69) is 15.4 Å². The van der Waals surface area contributed by atoms with Crippen LogP contribution in [0.25, 0.3) is 0 Å². The summed E-state index contributed by atoms with van der Waals surface area (Å²) in [7, 11) is 0. The van der Waals surface area contributed by atoms with Crippen molar-refractivity contribution in [2.75, 3.05) is 26.3 Å². The topological polar surface area (TPSA) is 114 Å². The zero-order valence-corrected chi connectivity index (χ0v) is 18.1. The Morgan fingerprint density at radius 3 is 2.61 bits per heavy atom. The van der Waals surface area contributed by atoms with Crippen LogP contribution in [0.5, 0.6) is 0 Å². The highest BCUT2D eigenvalue weighted by Gasteiger charge is 2.56. The molecule has 184 valence electrons. The van der Waals surface area contributed by atoms with Gasteiger partial charge in [-0.3, -0.25) is 23.9 Å². The zero-order valence-electron chi connectivity index (χ0n) is 18.1. The van der Waals surface area contributed by atoms with E-state index < -0.39 is 48.8 Å². The number of amides is 3. The van der Waals surface area contributed by atoms with Gasteiger partial charge in [0.2, 0.25) is 11.8 Å². The second-order valence-corrected chi connectivity index (χ2v) is 9.46. The molecule has 4 fully saturated rings. The molecule has 3 saturated heterocycles. The molecule has 33 heavy (non-hydrogen) atoms. The van der Waals surface area contributed by atoms with E-state index >= 15 is 0 Å². The first kappa shape index (κ1) is 23.9. The molecular weight excluding hydrogens is 447 g/mol. The molecule has 1 saturated carbocycles. The number of ether oxygens (including phenoxy) is 2. The number of nitrogens with zero attached hydrogens (tertiary/aromatic N) is 1. The summed E-state index contributed by atoms with van der Waals surface area (Å²) in [5.41, 5.74) is -0.124. The molecule has 0 aromatic carbocycles. The maximum Gasteiger partial charge on any atom is 0.522 e.